The molecule has 0 bridgehead atoms. The number of fused-ring (bicyclic) bond motifs is 1. The molecule has 1 N–H and O–H groups in total. The van der Waals surface area contributed by atoms with Crippen LogP contribution in [-0.2, 0) is 11.3 Å². The SMILES string of the molecule is Cc1ccc(-c2cc3c(SCC(=O)NCc4ccco4)nccn3n2)cc1C. The van der Waals surface area contributed by atoms with Crippen LogP contribution in [0.5, 0.6) is 0 Å². The molecule has 3 heterocycles. The Balaban J connectivity index is 1.49. The van der Waals surface area contributed by atoms with Gasteiger partial charge in [-0.25, -0.2) is 9.50 Å². The highest BCUT2D eigenvalue weighted by atomic mass is 32.2. The van der Waals surface area contributed by atoms with Crippen LogP contribution in [0.4, 0.5) is 0 Å². The molecular weight excluding hydrogens is 372 g/mol. The number of nitrogens with zero attached hydrogens (tertiary/aromatic N) is 3. The molecule has 1 amide bonds. The first kappa shape index (κ1) is 18.3. The second-order valence-electron chi connectivity index (χ2n) is 6.54. The highest BCUT2D eigenvalue weighted by Crippen LogP contribution is 2.27. The van der Waals surface area contributed by atoms with Crippen molar-refractivity contribution in [1.82, 2.24) is 19.9 Å². The quantitative estimate of drug-likeness (QED) is 0.502. The zero-order valence-electron chi connectivity index (χ0n) is 15.7. The molecule has 0 atom stereocenters. The molecule has 0 aliphatic carbocycles. The third kappa shape index (κ3) is 3.94. The van der Waals surface area contributed by atoms with Crippen LogP contribution in [0.3, 0.4) is 0 Å². The molecule has 0 fully saturated rings. The Hall–Kier alpha value is -3.06. The van der Waals surface area contributed by atoms with Crippen LogP contribution in [0.1, 0.15) is 16.9 Å². The maximum atomic E-state index is 12.1. The topological polar surface area (TPSA) is 72.4 Å². The lowest BCUT2D eigenvalue weighted by molar-refractivity contribution is -0.118. The number of furan rings is 1. The smallest absolute Gasteiger partial charge is 0.230 e. The van der Waals surface area contributed by atoms with Gasteiger partial charge in [-0.3, -0.25) is 4.79 Å². The van der Waals surface area contributed by atoms with Gasteiger partial charge >= 0.3 is 0 Å². The van der Waals surface area contributed by atoms with E-state index in [0.717, 1.165) is 27.6 Å². The van der Waals surface area contributed by atoms with Gasteiger partial charge in [0.2, 0.25) is 5.91 Å². The third-order valence-electron chi connectivity index (χ3n) is 4.54. The molecule has 7 heteroatoms. The Kier molecular flexibility index (Phi) is 5.16. The monoisotopic (exact) mass is 392 g/mol. The van der Waals surface area contributed by atoms with Gasteiger partial charge < -0.3 is 9.73 Å². The van der Waals surface area contributed by atoms with Crippen molar-refractivity contribution < 1.29 is 9.21 Å². The van der Waals surface area contributed by atoms with E-state index in [-0.39, 0.29) is 11.7 Å². The van der Waals surface area contributed by atoms with Crippen molar-refractivity contribution in [2.24, 2.45) is 0 Å². The van der Waals surface area contributed by atoms with Crippen LogP contribution < -0.4 is 5.32 Å². The summed E-state index contributed by atoms with van der Waals surface area (Å²) in [6.45, 7) is 4.57. The van der Waals surface area contributed by atoms with Crippen LogP contribution in [0.2, 0.25) is 0 Å². The van der Waals surface area contributed by atoms with Crippen LogP contribution in [-0.4, -0.2) is 26.3 Å². The fourth-order valence-electron chi connectivity index (χ4n) is 2.83. The second kappa shape index (κ2) is 7.90. The van der Waals surface area contributed by atoms with Crippen LogP contribution in [0.15, 0.2) is 64.5 Å². The molecule has 3 aromatic heterocycles. The number of carbonyl (C=O) groups excluding carboxylic acids is 1. The van der Waals surface area contributed by atoms with Gasteiger partial charge in [0.25, 0.3) is 0 Å². The second-order valence-corrected chi connectivity index (χ2v) is 7.50. The van der Waals surface area contributed by atoms with Crippen LogP contribution in [0.25, 0.3) is 16.8 Å². The maximum Gasteiger partial charge on any atom is 0.230 e. The molecule has 0 spiro atoms. The Morgan fingerprint density at radius 3 is 2.89 bits per heavy atom. The number of aryl methyl sites for hydroxylation is 2. The van der Waals surface area contributed by atoms with Crippen LogP contribution >= 0.6 is 11.8 Å². The van der Waals surface area contributed by atoms with E-state index in [9.17, 15) is 4.79 Å². The number of amides is 1. The highest BCUT2D eigenvalue weighted by Gasteiger charge is 2.12. The summed E-state index contributed by atoms with van der Waals surface area (Å²) in [6.07, 6.45) is 5.11. The largest absolute Gasteiger partial charge is 0.467 e. The van der Waals surface area contributed by atoms with Gasteiger partial charge in [-0.05, 0) is 49.2 Å². The molecule has 6 nitrogen and oxygen atoms in total. The fraction of sp³-hybridized carbons (Fsp3) is 0.190. The molecule has 4 rings (SSSR count). The average molecular weight is 392 g/mol. The summed E-state index contributed by atoms with van der Waals surface area (Å²) in [5.74, 6) is 0.934. The van der Waals surface area contributed by atoms with E-state index in [1.165, 1.54) is 22.9 Å². The Morgan fingerprint density at radius 2 is 2.11 bits per heavy atom. The summed E-state index contributed by atoms with van der Waals surface area (Å²) in [5.41, 5.74) is 5.33. The average Bonchev–Trinajstić information content (AvgIpc) is 3.36. The zero-order chi connectivity index (χ0) is 19.5. The Bertz CT molecular complexity index is 1120. The van der Waals surface area contributed by atoms with Gasteiger partial charge in [-0.15, -0.1) is 0 Å². The summed E-state index contributed by atoms with van der Waals surface area (Å²) < 4.78 is 7.03. The lowest BCUT2D eigenvalue weighted by atomic mass is 10.0. The van der Waals surface area contributed by atoms with E-state index in [1.807, 2.05) is 18.3 Å². The number of rotatable bonds is 6. The van der Waals surface area contributed by atoms with Crippen molar-refractivity contribution in [2.45, 2.75) is 25.4 Å². The molecule has 28 heavy (non-hydrogen) atoms. The standard InChI is InChI=1S/C21H20N4O2S/c1-14-5-6-16(10-15(14)2)18-11-19-21(22-7-8-25(19)24-18)28-13-20(26)23-12-17-4-3-9-27-17/h3-11H,12-13H2,1-2H3,(H,23,26). The van der Waals surface area contributed by atoms with E-state index >= 15 is 0 Å². The number of thioether (sulfide) groups is 1. The van der Waals surface area contributed by atoms with Gasteiger partial charge in [0.05, 0.1) is 29.8 Å². The van der Waals surface area contributed by atoms with Gasteiger partial charge in [-0.1, -0.05) is 23.9 Å². The normalized spacial score (nSPS) is 11.1. The molecule has 1 aromatic carbocycles. The molecule has 0 radical (unpaired) electrons. The van der Waals surface area contributed by atoms with Gasteiger partial charge in [0, 0.05) is 18.0 Å². The minimum atomic E-state index is -0.0703. The first-order chi connectivity index (χ1) is 13.6. The number of nitrogens with one attached hydrogen (secondary N) is 1. The maximum absolute atomic E-state index is 12.1. The molecule has 0 aliphatic heterocycles. The van der Waals surface area contributed by atoms with E-state index in [2.05, 4.69) is 47.4 Å². The van der Waals surface area contributed by atoms with E-state index in [1.54, 1.807) is 23.0 Å². The summed E-state index contributed by atoms with van der Waals surface area (Å²) in [7, 11) is 0. The van der Waals surface area contributed by atoms with Crippen molar-refractivity contribution in [1.29, 1.82) is 0 Å². The van der Waals surface area contributed by atoms with E-state index in [0.29, 0.717) is 6.54 Å². The number of benzene rings is 1. The molecule has 4 aromatic rings. The number of hydrogen-bond acceptors (Lipinski definition) is 5. The van der Waals surface area contributed by atoms with Gasteiger partial charge in [0.1, 0.15) is 10.8 Å². The molecular formula is C21H20N4O2S. The first-order valence-electron chi connectivity index (χ1n) is 8.94. The van der Waals surface area contributed by atoms with Crippen LogP contribution in [0, 0.1) is 13.8 Å². The lowest BCUT2D eigenvalue weighted by Gasteiger charge is -2.04. The van der Waals surface area contributed by atoms with Crippen molar-refractivity contribution in [2.75, 3.05) is 5.75 Å². The number of hydrogen-bond donors (Lipinski definition) is 1. The number of carbonyl (C=O) groups is 1. The number of aromatic nitrogens is 3. The fourth-order valence-corrected chi connectivity index (χ4v) is 3.64. The molecule has 0 saturated heterocycles. The summed E-state index contributed by atoms with van der Waals surface area (Å²) >= 11 is 1.39. The summed E-state index contributed by atoms with van der Waals surface area (Å²) in [5, 5.41) is 8.28. The molecule has 0 unspecified atom stereocenters. The zero-order valence-corrected chi connectivity index (χ0v) is 16.5. The van der Waals surface area contributed by atoms with E-state index < -0.39 is 0 Å². The van der Waals surface area contributed by atoms with Crippen molar-refractivity contribution >= 4 is 23.2 Å². The summed E-state index contributed by atoms with van der Waals surface area (Å²) in [4.78, 5) is 16.6. The molecule has 0 saturated carbocycles. The predicted molar refractivity (Wildman–Crippen MR) is 109 cm³/mol. The van der Waals surface area contributed by atoms with Gasteiger partial charge in [-0.2, -0.15) is 5.10 Å². The minimum absolute atomic E-state index is 0.0703. The molecule has 142 valence electrons. The van der Waals surface area contributed by atoms with Crippen molar-refractivity contribution in [3.63, 3.8) is 0 Å². The lowest BCUT2D eigenvalue weighted by Crippen LogP contribution is -2.24. The molecule has 0 aliphatic rings. The van der Waals surface area contributed by atoms with Gasteiger partial charge in [0.15, 0.2) is 0 Å². The Morgan fingerprint density at radius 1 is 1.21 bits per heavy atom. The highest BCUT2D eigenvalue weighted by molar-refractivity contribution is 8.00. The third-order valence-corrected chi connectivity index (χ3v) is 5.53. The van der Waals surface area contributed by atoms with Crippen molar-refractivity contribution in [3.05, 3.63) is 71.9 Å². The first-order valence-corrected chi connectivity index (χ1v) is 9.92. The summed E-state index contributed by atoms with van der Waals surface area (Å²) in [6, 6.07) is 12.0. The van der Waals surface area contributed by atoms with Crippen molar-refractivity contribution in [3.8, 4) is 11.3 Å². The Labute approximate surface area is 167 Å². The predicted octanol–water partition coefficient (Wildman–Crippen LogP) is 4.01. The minimum Gasteiger partial charge on any atom is -0.467 e. The van der Waals surface area contributed by atoms with E-state index in [4.69, 9.17) is 4.42 Å².